The number of nitrogens with zero attached hydrogens (tertiary/aromatic N) is 3. The lowest BCUT2D eigenvalue weighted by Crippen LogP contribution is -2.63. The van der Waals surface area contributed by atoms with Gasteiger partial charge in [-0.05, 0) is 68.2 Å². The van der Waals surface area contributed by atoms with Crippen LogP contribution in [0.2, 0.25) is 0 Å². The summed E-state index contributed by atoms with van der Waals surface area (Å²) in [6, 6.07) is 0.350. The van der Waals surface area contributed by atoms with Gasteiger partial charge in [0.1, 0.15) is 12.2 Å². The summed E-state index contributed by atoms with van der Waals surface area (Å²) in [5.41, 5.74) is -1.61. The molecule has 3 fully saturated rings. The smallest absolute Gasteiger partial charge is 0.307 e. The van der Waals surface area contributed by atoms with Gasteiger partial charge in [-0.15, -0.1) is 0 Å². The lowest BCUT2D eigenvalue weighted by molar-refractivity contribution is -0.168. The van der Waals surface area contributed by atoms with Crippen LogP contribution in [0.4, 0.5) is 0 Å². The molecule has 43 heavy (non-hydrogen) atoms. The van der Waals surface area contributed by atoms with Gasteiger partial charge in [-0.25, -0.2) is 0 Å². The Labute approximate surface area is 260 Å². The molecule has 0 bridgehead atoms. The van der Waals surface area contributed by atoms with Gasteiger partial charge in [0.15, 0.2) is 0 Å². The molecule has 246 valence electrons. The lowest BCUT2D eigenvalue weighted by atomic mass is 9.78. The maximum atomic E-state index is 13.1. The molecule has 0 aromatic heterocycles. The minimum absolute atomic E-state index is 0.0374. The van der Waals surface area contributed by atoms with E-state index in [9.17, 15) is 19.2 Å². The molecule has 3 rings (SSSR count). The van der Waals surface area contributed by atoms with Gasteiger partial charge in [0.2, 0.25) is 11.8 Å². The Bertz CT molecular complexity index is 921. The highest BCUT2D eigenvalue weighted by atomic mass is 16.5. The fourth-order valence-electron chi connectivity index (χ4n) is 9.13. The zero-order chi connectivity index (χ0) is 32.4. The number of amides is 2. The second-order valence-corrected chi connectivity index (χ2v) is 15.8. The van der Waals surface area contributed by atoms with Crippen molar-refractivity contribution >= 4 is 23.8 Å². The van der Waals surface area contributed by atoms with Crippen LogP contribution in [0.15, 0.2) is 0 Å². The predicted molar refractivity (Wildman–Crippen MR) is 167 cm³/mol. The second kappa shape index (κ2) is 13.5. The molecule has 0 unspecified atom stereocenters. The first kappa shape index (κ1) is 35.3. The van der Waals surface area contributed by atoms with Crippen molar-refractivity contribution in [3.8, 4) is 0 Å². The van der Waals surface area contributed by atoms with Crippen LogP contribution in [0, 0.1) is 0 Å². The topological polar surface area (TPSA) is 96.5 Å². The van der Waals surface area contributed by atoms with Crippen molar-refractivity contribution in [3.05, 3.63) is 0 Å². The fraction of sp³-hybridized carbons (Fsp3) is 0.882. The Morgan fingerprint density at radius 3 is 1.23 bits per heavy atom. The summed E-state index contributed by atoms with van der Waals surface area (Å²) in [6.07, 6.45) is 8.18. The summed E-state index contributed by atoms with van der Waals surface area (Å²) in [5.74, 6) is -0.373. The lowest BCUT2D eigenvalue weighted by Gasteiger charge is -2.54. The van der Waals surface area contributed by atoms with Crippen LogP contribution >= 0.6 is 0 Å². The molecular formula is C34H59N3O6. The summed E-state index contributed by atoms with van der Waals surface area (Å²) in [6.45, 7) is 20.6. The molecule has 2 aliphatic heterocycles. The van der Waals surface area contributed by atoms with Gasteiger partial charge in [0.25, 0.3) is 0 Å². The maximum absolute atomic E-state index is 13.1. The highest BCUT2D eigenvalue weighted by Gasteiger charge is 2.49. The number of likely N-dealkylation sites (tertiary alicyclic amines) is 2. The van der Waals surface area contributed by atoms with Crippen molar-refractivity contribution in [1.82, 2.24) is 14.7 Å². The quantitative estimate of drug-likeness (QED) is 0.315. The van der Waals surface area contributed by atoms with Crippen molar-refractivity contribution in [1.29, 1.82) is 0 Å². The highest BCUT2D eigenvalue weighted by Crippen LogP contribution is 2.41. The van der Waals surface area contributed by atoms with Crippen molar-refractivity contribution < 1.29 is 28.7 Å². The number of hydrogen-bond donors (Lipinski definition) is 0. The van der Waals surface area contributed by atoms with Gasteiger partial charge in [-0.2, -0.15) is 0 Å². The van der Waals surface area contributed by atoms with E-state index in [2.05, 4.69) is 4.90 Å². The van der Waals surface area contributed by atoms with Crippen molar-refractivity contribution in [2.45, 2.75) is 180 Å². The van der Waals surface area contributed by atoms with Gasteiger partial charge in [-0.1, -0.05) is 19.3 Å². The monoisotopic (exact) mass is 605 g/mol. The molecule has 2 saturated heterocycles. The van der Waals surface area contributed by atoms with E-state index in [1.54, 1.807) is 13.8 Å². The number of piperidine rings is 2. The first-order chi connectivity index (χ1) is 19.7. The number of ether oxygens (including phenoxy) is 2. The third-order valence-corrected chi connectivity index (χ3v) is 9.85. The van der Waals surface area contributed by atoms with E-state index >= 15 is 0 Å². The van der Waals surface area contributed by atoms with Crippen LogP contribution in [0.3, 0.4) is 0 Å². The van der Waals surface area contributed by atoms with Gasteiger partial charge in [-0.3, -0.25) is 24.1 Å². The second-order valence-electron chi connectivity index (χ2n) is 15.8. The van der Waals surface area contributed by atoms with E-state index in [0.29, 0.717) is 44.8 Å². The Hall–Kier alpha value is -2.16. The van der Waals surface area contributed by atoms with Gasteiger partial charge < -0.3 is 19.3 Å². The minimum atomic E-state index is -0.403. The maximum Gasteiger partial charge on any atom is 0.307 e. The number of carbonyl (C=O) groups is 4. The molecule has 1 aliphatic carbocycles. The van der Waals surface area contributed by atoms with E-state index in [0.717, 1.165) is 25.7 Å². The predicted octanol–water partition coefficient (Wildman–Crippen LogP) is 5.62. The first-order valence-corrected chi connectivity index (χ1v) is 16.5. The molecule has 0 aromatic carbocycles. The number of carbonyl (C=O) groups excluding carboxylic acids is 4. The van der Waals surface area contributed by atoms with Gasteiger partial charge in [0, 0.05) is 80.8 Å². The van der Waals surface area contributed by atoms with E-state index in [1.807, 2.05) is 65.2 Å². The number of esters is 2. The van der Waals surface area contributed by atoms with E-state index in [-0.39, 0.29) is 48.8 Å². The largest absolute Gasteiger partial charge is 0.462 e. The van der Waals surface area contributed by atoms with Crippen LogP contribution in [0.1, 0.15) is 140 Å². The highest BCUT2D eigenvalue weighted by molar-refractivity contribution is 5.76. The van der Waals surface area contributed by atoms with E-state index in [4.69, 9.17) is 9.47 Å². The molecule has 0 N–H and O–H groups in total. The van der Waals surface area contributed by atoms with Crippen LogP contribution in [0.25, 0.3) is 0 Å². The summed E-state index contributed by atoms with van der Waals surface area (Å²) < 4.78 is 12.0. The molecule has 0 spiro atoms. The molecule has 0 aromatic rings. The first-order valence-electron chi connectivity index (χ1n) is 16.5. The average molecular weight is 606 g/mol. The molecule has 9 heteroatoms. The Balaban J connectivity index is 1.56. The Kier molecular flexibility index (Phi) is 11.0. The van der Waals surface area contributed by atoms with Crippen molar-refractivity contribution in [2.75, 3.05) is 13.1 Å². The third-order valence-electron chi connectivity index (χ3n) is 9.85. The normalized spacial score (nSPS) is 24.1. The molecule has 0 radical (unpaired) electrons. The van der Waals surface area contributed by atoms with Crippen molar-refractivity contribution in [2.24, 2.45) is 0 Å². The van der Waals surface area contributed by atoms with Crippen LogP contribution < -0.4 is 0 Å². The van der Waals surface area contributed by atoms with Crippen LogP contribution in [0.5, 0.6) is 0 Å². The van der Waals surface area contributed by atoms with E-state index in [1.165, 1.54) is 6.42 Å². The molecule has 9 nitrogen and oxygen atoms in total. The fourth-order valence-corrected chi connectivity index (χ4v) is 9.13. The molecular weight excluding hydrogens is 546 g/mol. The van der Waals surface area contributed by atoms with Crippen LogP contribution in [-0.2, 0) is 28.7 Å². The molecule has 3 aliphatic rings. The average Bonchev–Trinajstić information content (AvgIpc) is 2.80. The summed E-state index contributed by atoms with van der Waals surface area (Å²) in [5, 5.41) is 0. The summed E-state index contributed by atoms with van der Waals surface area (Å²) in [7, 11) is 0. The van der Waals surface area contributed by atoms with Gasteiger partial charge in [0.05, 0.1) is 12.8 Å². The third kappa shape index (κ3) is 8.95. The number of hydrogen-bond acceptors (Lipinski definition) is 7. The van der Waals surface area contributed by atoms with Crippen molar-refractivity contribution in [3.63, 3.8) is 0 Å². The standard InChI is InChI=1S/C34H59N3O6/c1-24(38)36-31(3,4)20-27(21-32(36,5)6)42-29(40)16-18-35(26-14-12-11-13-15-26)19-17-30(41)43-28-22-33(7,8)37(25(2)39)34(9,10)23-28/h26-28H,11-23H2,1-10H3. The van der Waals surface area contributed by atoms with Crippen LogP contribution in [-0.4, -0.2) is 91.9 Å². The Morgan fingerprint density at radius 2 is 0.930 bits per heavy atom. The molecule has 0 atom stereocenters. The summed E-state index contributed by atoms with van der Waals surface area (Å²) in [4.78, 5) is 57.0. The number of rotatable bonds is 9. The molecule has 2 amide bonds. The minimum Gasteiger partial charge on any atom is -0.462 e. The Morgan fingerprint density at radius 1 is 0.605 bits per heavy atom. The SMILES string of the molecule is CC(=O)N1C(C)(C)CC(OC(=O)CCN(CCC(=O)OC2CC(C)(C)N(C(C)=O)C(C)(C)C2)C2CCCCC2)CC1(C)C. The summed E-state index contributed by atoms with van der Waals surface area (Å²) >= 11 is 0. The van der Waals surface area contributed by atoms with E-state index < -0.39 is 22.2 Å². The van der Waals surface area contributed by atoms with Gasteiger partial charge >= 0.3 is 11.9 Å². The molecule has 1 saturated carbocycles. The zero-order valence-corrected chi connectivity index (χ0v) is 28.7. The molecule has 2 heterocycles. The zero-order valence-electron chi connectivity index (χ0n) is 28.7.